The highest BCUT2D eigenvalue weighted by Gasteiger charge is 2.13. The summed E-state index contributed by atoms with van der Waals surface area (Å²) in [5.41, 5.74) is 3.56. The summed E-state index contributed by atoms with van der Waals surface area (Å²) in [7, 11) is 0. The largest absolute Gasteiger partial charge is 0.478 e. The van der Waals surface area contributed by atoms with Gasteiger partial charge in [0.2, 0.25) is 11.8 Å². The van der Waals surface area contributed by atoms with Gasteiger partial charge in [-0.2, -0.15) is 15.5 Å². The molecule has 0 spiro atoms. The molecule has 0 aliphatic carbocycles. The van der Waals surface area contributed by atoms with Crippen molar-refractivity contribution in [2.45, 2.75) is 13.8 Å². The number of rotatable bonds is 6. The van der Waals surface area contributed by atoms with Crippen molar-refractivity contribution in [2.75, 3.05) is 5.32 Å². The van der Waals surface area contributed by atoms with E-state index < -0.39 is 5.97 Å². The summed E-state index contributed by atoms with van der Waals surface area (Å²) < 4.78 is 6.03. The molecule has 0 fully saturated rings. The lowest BCUT2D eigenvalue weighted by atomic mass is 10.1. The summed E-state index contributed by atoms with van der Waals surface area (Å²) >= 11 is 0. The predicted molar refractivity (Wildman–Crippen MR) is 114 cm³/mol. The van der Waals surface area contributed by atoms with Crippen molar-refractivity contribution in [3.05, 3.63) is 76.5 Å². The third-order valence-electron chi connectivity index (χ3n) is 4.24. The zero-order valence-electron chi connectivity index (χ0n) is 16.7. The fourth-order valence-corrected chi connectivity index (χ4v) is 2.82. The lowest BCUT2D eigenvalue weighted by molar-refractivity contribution is -0.131. The molecule has 3 rings (SSSR count). The number of carboxylic acids is 1. The number of anilines is 2. The first-order valence-electron chi connectivity index (χ1n) is 9.14. The Bertz CT molecular complexity index is 1230. The second kappa shape index (κ2) is 9.21. The average Bonchev–Trinajstić information content (AvgIpc) is 2.75. The molecule has 0 aliphatic rings. The van der Waals surface area contributed by atoms with Crippen LogP contribution in [0, 0.1) is 36.5 Å². The van der Waals surface area contributed by atoms with Gasteiger partial charge in [0.25, 0.3) is 0 Å². The van der Waals surface area contributed by atoms with Gasteiger partial charge in [0.1, 0.15) is 5.75 Å². The Morgan fingerprint density at radius 2 is 1.74 bits per heavy atom. The minimum Gasteiger partial charge on any atom is -0.478 e. The van der Waals surface area contributed by atoms with E-state index in [4.69, 9.17) is 20.4 Å². The average molecular weight is 411 g/mol. The molecule has 0 saturated heterocycles. The van der Waals surface area contributed by atoms with E-state index in [1.807, 2.05) is 19.9 Å². The molecular formula is C23H17N5O3. The van der Waals surface area contributed by atoms with Crippen molar-refractivity contribution in [1.82, 2.24) is 9.97 Å². The van der Waals surface area contributed by atoms with Crippen molar-refractivity contribution in [1.29, 1.82) is 10.5 Å². The highest BCUT2D eigenvalue weighted by Crippen LogP contribution is 2.32. The van der Waals surface area contributed by atoms with Gasteiger partial charge in [-0.15, -0.1) is 0 Å². The molecule has 1 aromatic heterocycles. The van der Waals surface area contributed by atoms with E-state index in [1.165, 1.54) is 12.3 Å². The number of hydrogen-bond acceptors (Lipinski definition) is 7. The topological polar surface area (TPSA) is 132 Å². The van der Waals surface area contributed by atoms with Crippen LogP contribution in [0.4, 0.5) is 11.6 Å². The lowest BCUT2D eigenvalue weighted by Crippen LogP contribution is -2.02. The monoisotopic (exact) mass is 411 g/mol. The Labute approximate surface area is 178 Å². The minimum absolute atomic E-state index is 0.152. The van der Waals surface area contributed by atoms with E-state index in [0.717, 1.165) is 17.2 Å². The van der Waals surface area contributed by atoms with Gasteiger partial charge in [0.15, 0.2) is 0 Å². The van der Waals surface area contributed by atoms with E-state index in [2.05, 4.69) is 21.4 Å². The zero-order chi connectivity index (χ0) is 22.4. The van der Waals surface area contributed by atoms with E-state index in [-0.39, 0.29) is 11.8 Å². The second-order valence-electron chi connectivity index (χ2n) is 6.59. The van der Waals surface area contributed by atoms with Crippen molar-refractivity contribution < 1.29 is 14.6 Å². The number of nitriles is 2. The van der Waals surface area contributed by atoms with Gasteiger partial charge in [-0.05, 0) is 67.4 Å². The van der Waals surface area contributed by atoms with E-state index >= 15 is 0 Å². The number of carbonyl (C=O) groups is 1. The van der Waals surface area contributed by atoms with Gasteiger partial charge in [0.05, 0.1) is 28.8 Å². The van der Waals surface area contributed by atoms with Crippen LogP contribution in [0.25, 0.3) is 6.08 Å². The fourth-order valence-electron chi connectivity index (χ4n) is 2.82. The summed E-state index contributed by atoms with van der Waals surface area (Å²) in [6.45, 7) is 3.63. The lowest BCUT2D eigenvalue weighted by Gasteiger charge is -2.14. The molecule has 0 bridgehead atoms. The SMILES string of the molecule is Cc1cc(C#N)cc(C)c1Oc1nc(Nc2ccc(C#N)cc2)ncc1/C=C/C(=O)O. The van der Waals surface area contributed by atoms with Gasteiger partial charge in [0, 0.05) is 18.0 Å². The van der Waals surface area contributed by atoms with Gasteiger partial charge in [-0.3, -0.25) is 0 Å². The van der Waals surface area contributed by atoms with Gasteiger partial charge in [-0.1, -0.05) is 0 Å². The molecule has 8 nitrogen and oxygen atoms in total. The molecule has 2 aromatic carbocycles. The number of ether oxygens (including phenoxy) is 1. The quantitative estimate of drug-likeness (QED) is 0.568. The van der Waals surface area contributed by atoms with E-state index in [1.54, 1.807) is 36.4 Å². The first-order chi connectivity index (χ1) is 14.9. The molecular weight excluding hydrogens is 394 g/mol. The molecule has 0 atom stereocenters. The Morgan fingerprint density at radius 3 is 2.32 bits per heavy atom. The summed E-state index contributed by atoms with van der Waals surface area (Å²) in [6.07, 6.45) is 3.76. The number of carboxylic acid groups (broad SMARTS) is 1. The molecule has 0 amide bonds. The van der Waals surface area contributed by atoms with E-state index in [0.29, 0.717) is 28.1 Å². The predicted octanol–water partition coefficient (Wildman–Crippen LogP) is 4.47. The van der Waals surface area contributed by atoms with Crippen LogP contribution in [0.15, 0.2) is 48.7 Å². The Hall–Kier alpha value is -4.69. The van der Waals surface area contributed by atoms with Crippen molar-refractivity contribution in [2.24, 2.45) is 0 Å². The first kappa shape index (κ1) is 21.0. The maximum atomic E-state index is 10.9. The molecule has 152 valence electrons. The Kier molecular flexibility index (Phi) is 6.24. The van der Waals surface area contributed by atoms with Crippen LogP contribution < -0.4 is 10.1 Å². The maximum Gasteiger partial charge on any atom is 0.328 e. The molecule has 0 unspecified atom stereocenters. The summed E-state index contributed by atoms with van der Waals surface area (Å²) in [6, 6.07) is 14.3. The highest BCUT2D eigenvalue weighted by molar-refractivity contribution is 5.85. The highest BCUT2D eigenvalue weighted by atomic mass is 16.5. The van der Waals surface area contributed by atoms with Crippen LogP contribution in [-0.2, 0) is 4.79 Å². The van der Waals surface area contributed by atoms with Gasteiger partial charge < -0.3 is 15.2 Å². The minimum atomic E-state index is -1.11. The Balaban J connectivity index is 1.99. The van der Waals surface area contributed by atoms with Crippen molar-refractivity contribution in [3.63, 3.8) is 0 Å². The maximum absolute atomic E-state index is 10.9. The fraction of sp³-hybridized carbons (Fsp3) is 0.0870. The molecule has 31 heavy (non-hydrogen) atoms. The molecule has 0 radical (unpaired) electrons. The number of hydrogen-bond donors (Lipinski definition) is 2. The van der Waals surface area contributed by atoms with Crippen LogP contribution in [0.3, 0.4) is 0 Å². The second-order valence-corrected chi connectivity index (χ2v) is 6.59. The number of aryl methyl sites for hydroxylation is 2. The first-order valence-corrected chi connectivity index (χ1v) is 9.14. The van der Waals surface area contributed by atoms with Gasteiger partial charge in [-0.25, -0.2) is 9.78 Å². The number of nitrogens with one attached hydrogen (secondary N) is 1. The van der Waals surface area contributed by atoms with Crippen LogP contribution >= 0.6 is 0 Å². The van der Waals surface area contributed by atoms with E-state index in [9.17, 15) is 4.79 Å². The van der Waals surface area contributed by atoms with Crippen molar-refractivity contribution in [3.8, 4) is 23.8 Å². The Morgan fingerprint density at radius 1 is 1.10 bits per heavy atom. The molecule has 3 aromatic rings. The molecule has 0 saturated carbocycles. The number of benzene rings is 2. The molecule has 2 N–H and O–H groups in total. The number of nitrogens with zero attached hydrogens (tertiary/aromatic N) is 4. The van der Waals surface area contributed by atoms with Crippen molar-refractivity contribution >= 4 is 23.7 Å². The summed E-state index contributed by atoms with van der Waals surface area (Å²) in [5, 5.41) is 30.0. The van der Waals surface area contributed by atoms with Crippen LogP contribution in [0.2, 0.25) is 0 Å². The van der Waals surface area contributed by atoms with Crippen LogP contribution in [-0.4, -0.2) is 21.0 Å². The van der Waals surface area contributed by atoms with Gasteiger partial charge >= 0.3 is 5.97 Å². The summed E-state index contributed by atoms with van der Waals surface area (Å²) in [4.78, 5) is 19.6. The molecule has 8 heteroatoms. The third-order valence-corrected chi connectivity index (χ3v) is 4.24. The van der Waals surface area contributed by atoms with Crippen LogP contribution in [0.1, 0.15) is 27.8 Å². The van der Waals surface area contributed by atoms with Crippen LogP contribution in [0.5, 0.6) is 11.6 Å². The summed E-state index contributed by atoms with van der Waals surface area (Å²) in [5.74, 6) is -0.209. The molecule has 1 heterocycles. The standard InChI is InChI=1S/C23H17N5O3/c1-14-9-17(12-25)10-15(2)21(14)31-22-18(5-8-20(29)30)13-26-23(28-22)27-19-6-3-16(11-24)4-7-19/h3-10,13H,1-2H3,(H,29,30)(H,26,27,28)/b8-5+. The third kappa shape index (κ3) is 5.22. The molecule has 0 aliphatic heterocycles. The zero-order valence-corrected chi connectivity index (χ0v) is 16.7. The number of aliphatic carboxylic acids is 1. The number of aromatic nitrogens is 2. The normalized spacial score (nSPS) is 10.3. The smallest absolute Gasteiger partial charge is 0.328 e.